The number of esters is 1. The predicted molar refractivity (Wildman–Crippen MR) is 102 cm³/mol. The molecule has 26 heavy (non-hydrogen) atoms. The fraction of sp³-hybridized carbons (Fsp3) is 0.300. The molecule has 2 aromatic rings. The van der Waals surface area contributed by atoms with Gasteiger partial charge in [0, 0.05) is 11.4 Å². The van der Waals surface area contributed by atoms with E-state index >= 15 is 0 Å². The number of carbonyl (C=O) groups excluding carboxylic acids is 2. The molecule has 0 aliphatic carbocycles. The van der Waals surface area contributed by atoms with Crippen LogP contribution in [0, 0.1) is 0 Å². The number of hydrogen-bond acceptors (Lipinski definition) is 5. The number of hydrogen-bond donors (Lipinski definition) is 0. The maximum atomic E-state index is 12.4. The van der Waals surface area contributed by atoms with Crippen molar-refractivity contribution in [3.8, 4) is 5.75 Å². The van der Waals surface area contributed by atoms with Crippen LogP contribution >= 0.6 is 11.8 Å². The molecule has 0 saturated heterocycles. The highest BCUT2D eigenvalue weighted by Gasteiger charge is 2.31. The van der Waals surface area contributed by atoms with E-state index in [0.29, 0.717) is 11.4 Å². The zero-order chi connectivity index (χ0) is 18.5. The third-order valence-corrected chi connectivity index (χ3v) is 4.92. The van der Waals surface area contributed by atoms with Crippen molar-refractivity contribution in [2.45, 2.75) is 31.0 Å². The highest BCUT2D eigenvalue weighted by Crippen LogP contribution is 2.33. The SMILES string of the molecule is CSc1ccc(COC(=O)CCN2C(=O)C(C)Oc3ccccc32)cc1. The van der Waals surface area contributed by atoms with E-state index in [1.54, 1.807) is 23.6 Å². The first-order valence-corrected chi connectivity index (χ1v) is 9.66. The van der Waals surface area contributed by atoms with Crippen LogP contribution in [0.2, 0.25) is 0 Å². The van der Waals surface area contributed by atoms with Crippen LogP contribution in [0.5, 0.6) is 5.75 Å². The van der Waals surface area contributed by atoms with Gasteiger partial charge in [0.25, 0.3) is 5.91 Å². The molecule has 1 aliphatic heterocycles. The van der Waals surface area contributed by atoms with Gasteiger partial charge in [0.05, 0.1) is 12.1 Å². The van der Waals surface area contributed by atoms with Crippen molar-refractivity contribution in [2.75, 3.05) is 17.7 Å². The summed E-state index contributed by atoms with van der Waals surface area (Å²) in [5.41, 5.74) is 1.63. The monoisotopic (exact) mass is 371 g/mol. The van der Waals surface area contributed by atoms with Gasteiger partial charge in [0.2, 0.25) is 0 Å². The molecule has 5 nitrogen and oxygen atoms in total. The van der Waals surface area contributed by atoms with Crippen LogP contribution in [0.3, 0.4) is 0 Å². The summed E-state index contributed by atoms with van der Waals surface area (Å²) in [5, 5.41) is 0. The Morgan fingerprint density at radius 2 is 1.92 bits per heavy atom. The first-order chi connectivity index (χ1) is 12.6. The Hall–Kier alpha value is -2.47. The molecule has 0 aromatic heterocycles. The van der Waals surface area contributed by atoms with Crippen LogP contribution in [-0.4, -0.2) is 30.8 Å². The van der Waals surface area contributed by atoms with Crippen LogP contribution < -0.4 is 9.64 Å². The van der Waals surface area contributed by atoms with Gasteiger partial charge in [-0.1, -0.05) is 24.3 Å². The van der Waals surface area contributed by atoms with Crippen molar-refractivity contribution in [3.05, 3.63) is 54.1 Å². The molecule has 1 unspecified atom stereocenters. The average molecular weight is 371 g/mol. The number of thioether (sulfide) groups is 1. The number of benzene rings is 2. The Labute approximate surface area is 157 Å². The maximum absolute atomic E-state index is 12.4. The van der Waals surface area contributed by atoms with E-state index in [0.717, 1.165) is 5.56 Å². The summed E-state index contributed by atoms with van der Waals surface area (Å²) < 4.78 is 10.9. The number of para-hydroxylation sites is 2. The van der Waals surface area contributed by atoms with Gasteiger partial charge in [-0.3, -0.25) is 9.59 Å². The van der Waals surface area contributed by atoms with Gasteiger partial charge in [-0.25, -0.2) is 0 Å². The van der Waals surface area contributed by atoms with Crippen LogP contribution in [0.4, 0.5) is 5.69 Å². The Morgan fingerprint density at radius 1 is 1.19 bits per heavy atom. The molecule has 0 fully saturated rings. The zero-order valence-electron chi connectivity index (χ0n) is 14.8. The summed E-state index contributed by atoms with van der Waals surface area (Å²) in [6.07, 6.45) is 1.59. The number of amides is 1. The summed E-state index contributed by atoms with van der Waals surface area (Å²) in [6, 6.07) is 15.2. The summed E-state index contributed by atoms with van der Waals surface area (Å²) in [5.74, 6) is 0.175. The lowest BCUT2D eigenvalue weighted by atomic mass is 10.2. The lowest BCUT2D eigenvalue weighted by molar-refractivity contribution is -0.144. The number of nitrogens with zero attached hydrogens (tertiary/aromatic N) is 1. The first-order valence-electron chi connectivity index (χ1n) is 8.44. The van der Waals surface area contributed by atoms with Crippen molar-refractivity contribution in [1.29, 1.82) is 0 Å². The fourth-order valence-corrected chi connectivity index (χ4v) is 3.16. The average Bonchev–Trinajstić information content (AvgIpc) is 2.67. The van der Waals surface area contributed by atoms with E-state index in [-0.39, 0.29) is 31.4 Å². The summed E-state index contributed by atoms with van der Waals surface area (Å²) in [4.78, 5) is 27.2. The lowest BCUT2D eigenvalue weighted by Gasteiger charge is -2.32. The standard InChI is InChI=1S/C20H21NO4S/c1-14-20(23)21(17-5-3-4-6-18(17)25-14)12-11-19(22)24-13-15-7-9-16(26-2)10-8-15/h3-10,14H,11-13H2,1-2H3. The largest absolute Gasteiger partial charge is 0.479 e. The molecular formula is C20H21NO4S. The van der Waals surface area contributed by atoms with Gasteiger partial charge >= 0.3 is 5.97 Å². The van der Waals surface area contributed by atoms with Crippen molar-refractivity contribution in [2.24, 2.45) is 0 Å². The van der Waals surface area contributed by atoms with Crippen molar-refractivity contribution in [1.82, 2.24) is 0 Å². The Bertz CT molecular complexity index is 791. The molecule has 1 heterocycles. The second kappa shape index (κ2) is 8.27. The third kappa shape index (κ3) is 4.19. The smallest absolute Gasteiger partial charge is 0.307 e. The van der Waals surface area contributed by atoms with E-state index < -0.39 is 6.10 Å². The Balaban J connectivity index is 1.56. The summed E-state index contributed by atoms with van der Waals surface area (Å²) in [6.45, 7) is 2.22. The van der Waals surface area contributed by atoms with Crippen molar-refractivity contribution < 1.29 is 19.1 Å². The minimum absolute atomic E-state index is 0.135. The molecule has 0 saturated carbocycles. The van der Waals surface area contributed by atoms with E-state index in [4.69, 9.17) is 9.47 Å². The lowest BCUT2D eigenvalue weighted by Crippen LogP contribution is -2.45. The molecule has 0 N–H and O–H groups in total. The van der Waals surface area contributed by atoms with E-state index in [1.807, 2.05) is 54.8 Å². The quantitative estimate of drug-likeness (QED) is 0.573. The summed E-state index contributed by atoms with van der Waals surface area (Å²) in [7, 11) is 0. The van der Waals surface area contributed by atoms with Gasteiger partial charge < -0.3 is 14.4 Å². The van der Waals surface area contributed by atoms with Gasteiger partial charge in [-0.2, -0.15) is 0 Å². The van der Waals surface area contributed by atoms with Crippen LogP contribution in [0.15, 0.2) is 53.4 Å². The molecule has 0 radical (unpaired) electrons. The first kappa shape index (κ1) is 18.3. The minimum Gasteiger partial charge on any atom is -0.479 e. The van der Waals surface area contributed by atoms with Gasteiger partial charge in [0.15, 0.2) is 6.10 Å². The number of fused-ring (bicyclic) bond motifs is 1. The van der Waals surface area contributed by atoms with Crippen LogP contribution in [0.25, 0.3) is 0 Å². The molecule has 0 spiro atoms. The zero-order valence-corrected chi connectivity index (χ0v) is 15.6. The van der Waals surface area contributed by atoms with E-state index in [2.05, 4.69) is 0 Å². The van der Waals surface area contributed by atoms with Gasteiger partial charge in [-0.05, 0) is 43.0 Å². The van der Waals surface area contributed by atoms with Crippen LogP contribution in [0.1, 0.15) is 18.9 Å². The Kier molecular flexibility index (Phi) is 5.83. The van der Waals surface area contributed by atoms with Crippen molar-refractivity contribution in [3.63, 3.8) is 0 Å². The number of ether oxygens (including phenoxy) is 2. The normalized spacial score (nSPS) is 16.0. The molecule has 0 bridgehead atoms. The molecular weight excluding hydrogens is 350 g/mol. The molecule has 1 amide bonds. The Morgan fingerprint density at radius 3 is 2.65 bits per heavy atom. The molecule has 6 heteroatoms. The van der Waals surface area contributed by atoms with Crippen LogP contribution in [-0.2, 0) is 20.9 Å². The van der Waals surface area contributed by atoms with Crippen molar-refractivity contribution >= 4 is 29.3 Å². The number of anilines is 1. The second-order valence-corrected chi connectivity index (χ2v) is 6.86. The molecule has 2 aromatic carbocycles. The van der Waals surface area contributed by atoms with Gasteiger partial charge in [-0.15, -0.1) is 11.8 Å². The van der Waals surface area contributed by atoms with E-state index in [9.17, 15) is 9.59 Å². The topological polar surface area (TPSA) is 55.8 Å². The van der Waals surface area contributed by atoms with Gasteiger partial charge in [0.1, 0.15) is 12.4 Å². The number of rotatable bonds is 6. The third-order valence-electron chi connectivity index (χ3n) is 4.17. The minimum atomic E-state index is -0.559. The molecule has 3 rings (SSSR count). The highest BCUT2D eigenvalue weighted by molar-refractivity contribution is 7.98. The number of carbonyl (C=O) groups is 2. The molecule has 136 valence electrons. The highest BCUT2D eigenvalue weighted by atomic mass is 32.2. The predicted octanol–water partition coefficient (Wildman–Crippen LogP) is 3.66. The molecule has 1 aliphatic rings. The molecule has 1 atom stereocenters. The van der Waals surface area contributed by atoms with E-state index in [1.165, 1.54) is 4.90 Å². The second-order valence-electron chi connectivity index (χ2n) is 5.98. The maximum Gasteiger partial charge on any atom is 0.307 e. The fourth-order valence-electron chi connectivity index (χ4n) is 2.75. The summed E-state index contributed by atoms with van der Waals surface area (Å²) >= 11 is 1.67.